The van der Waals surface area contributed by atoms with Gasteiger partial charge in [-0.1, -0.05) is 21.6 Å². The maximum Gasteiger partial charge on any atom is 0.460 e. The molecule has 0 bridgehead atoms. The molecule has 56 heavy (non-hydrogen) atoms. The maximum absolute atomic E-state index is 13.7. The summed E-state index contributed by atoms with van der Waals surface area (Å²) in [7, 11) is -0.263. The highest BCUT2D eigenvalue weighted by Gasteiger charge is 2.96. The zero-order chi connectivity index (χ0) is 45.8. The summed E-state index contributed by atoms with van der Waals surface area (Å²) in [4.78, 5) is 22.4. The number of hydrogen-bond donors (Lipinski definition) is 0. The van der Waals surface area contributed by atoms with Gasteiger partial charge in [0.25, 0.3) is 0 Å². The average molecular weight is 946 g/mol. The van der Waals surface area contributed by atoms with Crippen LogP contribution in [0, 0.1) is 0 Å². The highest BCUT2D eigenvalue weighted by Crippen LogP contribution is 2.64. The van der Waals surface area contributed by atoms with Crippen LogP contribution in [-0.4, -0.2) is 120 Å². The van der Waals surface area contributed by atoms with Gasteiger partial charge in [0, 0.05) is 11.5 Å². The minimum atomic E-state index is -8.75. The molecule has 0 rings (SSSR count). The first-order valence-corrected chi connectivity index (χ1v) is 14.8. The summed E-state index contributed by atoms with van der Waals surface area (Å²) < 4.78 is 400. The second kappa shape index (κ2) is 15.3. The van der Waals surface area contributed by atoms with Crippen LogP contribution in [0.5, 0.6) is 0 Å². The second-order valence-electron chi connectivity index (χ2n) is 9.80. The fraction of sp³-hybridized carbons (Fsp3) is 0.900. The highest BCUT2D eigenvalue weighted by atomic mass is 33.1. The van der Waals surface area contributed by atoms with E-state index in [1.165, 1.54) is 0 Å². The molecule has 36 heteroatoms. The van der Waals surface area contributed by atoms with Gasteiger partial charge in [0.1, 0.15) is 13.2 Å². The highest BCUT2D eigenvalue weighted by molar-refractivity contribution is 8.76. The van der Waals surface area contributed by atoms with Crippen LogP contribution < -0.4 is 0 Å². The van der Waals surface area contributed by atoms with Gasteiger partial charge in [-0.3, -0.25) is 0 Å². The van der Waals surface area contributed by atoms with E-state index >= 15 is 0 Å². The number of rotatable bonds is 19. The molecule has 0 fully saturated rings. The lowest BCUT2D eigenvalue weighted by Gasteiger charge is -2.40. The molecule has 0 amide bonds. The topological polar surface area (TPSA) is 52.6 Å². The first-order valence-electron chi connectivity index (χ1n) is 12.3. The van der Waals surface area contributed by atoms with E-state index in [1.54, 1.807) is 0 Å². The Hall–Kier alpha value is -2.46. The van der Waals surface area contributed by atoms with Crippen LogP contribution in [0.2, 0.25) is 0 Å². The van der Waals surface area contributed by atoms with Crippen molar-refractivity contribution < 1.29 is 151 Å². The molecule has 0 radical (unpaired) electrons. The van der Waals surface area contributed by atoms with E-state index in [2.05, 4.69) is 9.47 Å². The summed E-state index contributed by atoms with van der Waals surface area (Å²) in [6.45, 7) is -3.75. The molecule has 0 aromatic rings. The summed E-state index contributed by atoms with van der Waals surface area (Å²) >= 11 is 0. The Morgan fingerprint density at radius 2 is 0.482 bits per heavy atom. The van der Waals surface area contributed by atoms with Gasteiger partial charge in [0.05, 0.1) is 0 Å². The lowest BCUT2D eigenvalue weighted by Crippen LogP contribution is -2.73. The van der Waals surface area contributed by atoms with Crippen molar-refractivity contribution in [3.63, 3.8) is 0 Å². The minimum absolute atomic E-state index is 0.132. The largest absolute Gasteiger partial charge is 0.460 e. The zero-order valence-electron chi connectivity index (χ0n) is 24.6. The van der Waals surface area contributed by atoms with E-state index in [-0.39, 0.29) is 21.6 Å². The van der Waals surface area contributed by atoms with Gasteiger partial charge in [-0.25, -0.2) is 9.59 Å². The van der Waals surface area contributed by atoms with Gasteiger partial charge < -0.3 is 9.47 Å². The quantitative estimate of drug-likeness (QED) is 0.0557. The van der Waals surface area contributed by atoms with Crippen molar-refractivity contribution in [3.05, 3.63) is 0 Å². The smallest absolute Gasteiger partial charge is 0.460 e. The lowest BCUT2D eigenvalue weighted by molar-refractivity contribution is -0.450. The molecule has 0 saturated carbocycles. The van der Waals surface area contributed by atoms with Crippen molar-refractivity contribution in [2.45, 2.75) is 83.4 Å². The number of carbonyl (C=O) groups is 2. The third-order valence-corrected chi connectivity index (χ3v) is 8.38. The molecule has 0 unspecified atom stereocenters. The molecule has 0 heterocycles. The van der Waals surface area contributed by atoms with Gasteiger partial charge in [-0.05, 0) is 0 Å². The Labute approximate surface area is 293 Å². The number of hydrogen-bond acceptors (Lipinski definition) is 6. The van der Waals surface area contributed by atoms with E-state index in [4.69, 9.17) is 0 Å². The van der Waals surface area contributed by atoms with Crippen LogP contribution in [0.25, 0.3) is 0 Å². The fourth-order valence-electron chi connectivity index (χ4n) is 2.83. The van der Waals surface area contributed by atoms with Gasteiger partial charge in [-0.2, -0.15) is 132 Å². The normalized spacial score (nSPS) is 15.9. The maximum atomic E-state index is 13.7. The minimum Gasteiger partial charge on any atom is -0.460 e. The first kappa shape index (κ1) is 53.5. The molecule has 0 spiro atoms. The van der Waals surface area contributed by atoms with Gasteiger partial charge in [-0.15, -0.1) is 0 Å². The molecule has 4 nitrogen and oxygen atoms in total. The number of esters is 2. The van der Waals surface area contributed by atoms with E-state index < -0.39 is 120 Å². The van der Waals surface area contributed by atoms with Crippen LogP contribution in [0.3, 0.4) is 0 Å². The fourth-order valence-corrected chi connectivity index (χ4v) is 4.48. The standard InChI is InChI=1S/C20H8F30O4S2/c21-7(22,9(25,26)11(29,30)13(33,34)15(37,38)17(41,42)19(45,46)47)5(51)53-1-3-55-56-4-2-54-6(52)8(23,24)10(27,28)12(31,32)14(35,36)16(39,40)18(43,44)20(48,49)50/h1-4H2. The molecule has 0 atom stereocenters. The molecule has 0 N–H and O–H groups in total. The van der Waals surface area contributed by atoms with Crippen LogP contribution in [-0.2, 0) is 19.1 Å². The van der Waals surface area contributed by atoms with Crippen molar-refractivity contribution in [3.8, 4) is 0 Å². The Bertz CT molecular complexity index is 1300. The summed E-state index contributed by atoms with van der Waals surface area (Å²) in [6.07, 6.45) is -15.8. The summed E-state index contributed by atoms with van der Waals surface area (Å²) in [6, 6.07) is 0. The summed E-state index contributed by atoms with van der Waals surface area (Å²) in [5.74, 6) is -111. The van der Waals surface area contributed by atoms with E-state index in [1.807, 2.05) is 0 Å². The van der Waals surface area contributed by atoms with Crippen molar-refractivity contribution >= 4 is 33.5 Å². The predicted molar refractivity (Wildman–Crippen MR) is 118 cm³/mol. The third kappa shape index (κ3) is 7.97. The van der Waals surface area contributed by atoms with Crippen LogP contribution >= 0.6 is 21.6 Å². The Morgan fingerprint density at radius 1 is 0.304 bits per heavy atom. The summed E-state index contributed by atoms with van der Waals surface area (Å²) in [5, 5.41) is 0. The van der Waals surface area contributed by atoms with Gasteiger partial charge >= 0.3 is 95.4 Å². The van der Waals surface area contributed by atoms with Crippen LogP contribution in [0.15, 0.2) is 0 Å². The third-order valence-electron chi connectivity index (χ3n) is 6.05. The molecule has 0 aliphatic rings. The Kier molecular flexibility index (Phi) is 14.6. The lowest BCUT2D eigenvalue weighted by atomic mass is 9.91. The molecule has 0 aliphatic heterocycles. The second-order valence-corrected chi connectivity index (χ2v) is 12.5. The van der Waals surface area contributed by atoms with Crippen molar-refractivity contribution in [1.29, 1.82) is 0 Å². The van der Waals surface area contributed by atoms with E-state index in [0.29, 0.717) is 0 Å². The molecule has 0 aromatic heterocycles. The first-order chi connectivity index (χ1) is 24.0. The number of carbonyl (C=O) groups excluding carboxylic acids is 2. The Morgan fingerprint density at radius 3 is 0.679 bits per heavy atom. The van der Waals surface area contributed by atoms with Crippen molar-refractivity contribution in [2.24, 2.45) is 0 Å². The van der Waals surface area contributed by atoms with Crippen LogP contribution in [0.4, 0.5) is 132 Å². The van der Waals surface area contributed by atoms with E-state index in [0.717, 1.165) is 0 Å². The van der Waals surface area contributed by atoms with Crippen molar-refractivity contribution in [1.82, 2.24) is 0 Å². The predicted octanol–water partition coefficient (Wildman–Crippen LogP) is 10.2. The zero-order valence-corrected chi connectivity index (χ0v) is 26.2. The monoisotopic (exact) mass is 946 g/mol. The molecular weight excluding hydrogens is 938 g/mol. The average Bonchev–Trinajstić information content (AvgIpc) is 2.99. The Balaban J connectivity index is 5.57. The van der Waals surface area contributed by atoms with E-state index in [9.17, 15) is 141 Å². The SMILES string of the molecule is O=C(OCCSSCCOC(=O)C(F)(F)C(F)(F)C(F)(F)C(F)(F)C(F)(F)C(F)(F)C(F)(F)F)C(F)(F)C(F)(F)C(F)(F)C(F)(F)C(F)(F)C(F)(F)C(F)(F)F. The summed E-state index contributed by atoms with van der Waals surface area (Å²) in [5.41, 5.74) is 0. The molecular formula is C20H8F30O4S2. The van der Waals surface area contributed by atoms with Crippen LogP contribution in [0.1, 0.15) is 0 Å². The molecule has 0 saturated heterocycles. The van der Waals surface area contributed by atoms with Gasteiger partial charge in [0.2, 0.25) is 0 Å². The molecule has 0 aromatic carbocycles. The molecule has 0 aliphatic carbocycles. The number of halogens is 30. The molecule has 334 valence electrons. The van der Waals surface area contributed by atoms with Crippen molar-refractivity contribution in [2.75, 3.05) is 24.7 Å². The van der Waals surface area contributed by atoms with Gasteiger partial charge in [0.15, 0.2) is 0 Å². The number of alkyl halides is 30. The number of ether oxygens (including phenoxy) is 2.